The number of benzene rings is 2. The predicted molar refractivity (Wildman–Crippen MR) is 203 cm³/mol. The van der Waals surface area contributed by atoms with Crippen molar-refractivity contribution < 1.29 is 23.4 Å². The first-order valence-corrected chi connectivity index (χ1v) is 21.4. The lowest BCUT2D eigenvalue weighted by Crippen LogP contribution is -2.67. The van der Waals surface area contributed by atoms with Gasteiger partial charge in [0.05, 0.1) is 16.6 Å². The van der Waals surface area contributed by atoms with Crippen molar-refractivity contribution in [1.29, 1.82) is 0 Å². The van der Waals surface area contributed by atoms with Crippen LogP contribution in [-0.4, -0.2) is 47.0 Å². The fraction of sp³-hybridized carbons (Fsp3) is 0.452. The molecule has 0 saturated heterocycles. The summed E-state index contributed by atoms with van der Waals surface area (Å²) in [5, 5.41) is 27.0. The smallest absolute Gasteiger partial charge is 0.252 e. The Balaban J connectivity index is 1.16. The lowest BCUT2D eigenvalue weighted by Gasteiger charge is -2.71. The molecule has 2 spiro atoms. The van der Waals surface area contributed by atoms with Gasteiger partial charge in [-0.05, 0) is 96.7 Å². The Morgan fingerprint density at radius 2 is 1.63 bits per heavy atom. The van der Waals surface area contributed by atoms with Gasteiger partial charge in [-0.15, -0.1) is 22.7 Å². The Kier molecular flexibility index (Phi) is 7.67. The molecule has 2 aromatic heterocycles. The number of fused-ring (bicyclic) bond motifs is 2. The average Bonchev–Trinajstić information content (AvgIpc) is 3.87. The van der Waals surface area contributed by atoms with Crippen molar-refractivity contribution in [3.05, 3.63) is 112 Å². The van der Waals surface area contributed by atoms with Gasteiger partial charge in [-0.25, -0.2) is 8.42 Å². The average molecular weight is 740 g/mol. The minimum absolute atomic E-state index is 0.0176. The van der Waals surface area contributed by atoms with Gasteiger partial charge in [0.15, 0.2) is 5.78 Å². The molecular weight excluding hydrogens is 695 g/mol. The van der Waals surface area contributed by atoms with E-state index in [1.54, 1.807) is 17.5 Å². The normalized spacial score (nSPS) is 36.9. The van der Waals surface area contributed by atoms with Crippen molar-refractivity contribution in [2.24, 2.45) is 33.5 Å². The van der Waals surface area contributed by atoms with Crippen LogP contribution in [0.4, 0.5) is 0 Å². The second-order valence-electron chi connectivity index (χ2n) is 16.5. The van der Waals surface area contributed by atoms with Crippen LogP contribution in [0.3, 0.4) is 0 Å². The maximum Gasteiger partial charge on any atom is 0.252 e. The number of nitrogens with zero attached hydrogens (tertiary/aromatic N) is 1. The number of hydrogen-bond donors (Lipinski definition) is 2. The van der Waals surface area contributed by atoms with E-state index >= 15 is 4.79 Å². The molecule has 0 aliphatic heterocycles. The Bertz CT molecular complexity index is 2160. The molecule has 6 nitrogen and oxygen atoms in total. The summed E-state index contributed by atoms with van der Waals surface area (Å²) in [6, 6.07) is 23.2. The molecule has 0 radical (unpaired) electrons. The van der Waals surface area contributed by atoms with E-state index in [1.165, 1.54) is 27.0 Å². The number of ketones is 1. The van der Waals surface area contributed by atoms with Gasteiger partial charge in [0.25, 0.3) is 10.0 Å². The maximum atomic E-state index is 15.1. The molecule has 266 valence electrons. The molecule has 8 atom stereocenters. The van der Waals surface area contributed by atoms with Gasteiger partial charge in [-0.1, -0.05) is 86.7 Å². The molecule has 0 amide bonds. The predicted octanol–water partition coefficient (Wildman–Crippen LogP) is 8.63. The van der Waals surface area contributed by atoms with Gasteiger partial charge in [0.2, 0.25) is 0 Å². The van der Waals surface area contributed by atoms with E-state index in [4.69, 9.17) is 0 Å². The summed E-state index contributed by atoms with van der Waals surface area (Å²) in [5.41, 5.74) is -1.45. The summed E-state index contributed by atoms with van der Waals surface area (Å²) in [6.45, 7) is 4.71. The third kappa shape index (κ3) is 4.67. The van der Waals surface area contributed by atoms with Crippen molar-refractivity contribution in [3.8, 4) is 0 Å². The monoisotopic (exact) mass is 739 g/mol. The molecule has 6 aliphatic rings. The highest BCUT2D eigenvalue weighted by Crippen LogP contribution is 2.78. The van der Waals surface area contributed by atoms with E-state index in [1.807, 2.05) is 48.5 Å². The summed E-state index contributed by atoms with van der Waals surface area (Å²) >= 11 is 2.74. The molecule has 6 aliphatic carbocycles. The van der Waals surface area contributed by atoms with E-state index in [9.17, 15) is 18.6 Å². The molecule has 2 heterocycles. The van der Waals surface area contributed by atoms with Gasteiger partial charge in [0, 0.05) is 39.6 Å². The van der Waals surface area contributed by atoms with Crippen molar-refractivity contribution in [2.75, 3.05) is 6.54 Å². The lowest BCUT2D eigenvalue weighted by molar-refractivity contribution is -0.173. The van der Waals surface area contributed by atoms with E-state index in [0.29, 0.717) is 19.3 Å². The van der Waals surface area contributed by atoms with Crippen LogP contribution in [0.15, 0.2) is 106 Å². The highest BCUT2D eigenvalue weighted by Gasteiger charge is 2.74. The number of allylic oxidation sites excluding steroid dienone is 4. The van der Waals surface area contributed by atoms with Gasteiger partial charge in [-0.2, -0.15) is 4.31 Å². The van der Waals surface area contributed by atoms with E-state index < -0.39 is 38.0 Å². The van der Waals surface area contributed by atoms with Crippen LogP contribution in [0.1, 0.15) is 74.0 Å². The molecule has 3 saturated carbocycles. The number of hydrogen-bond acceptors (Lipinski definition) is 7. The molecule has 3 fully saturated rings. The number of sulfonamides is 1. The number of thiophene rings is 2. The standard InChI is InChI=1S/C42H45NO5S3/c1-38-17-14-30(44)24-40(38)20-21-42(31(25-40)37(45)33-23-29-11-6-7-12-32(29)50-33)34(38)15-18-39(2)35(42)16-19-41(39,46)27-43(26-28-9-4-3-5-10-28)51(47,48)36-13-8-22-49-36/h3-13,20-23,25,30,34-35,44,46H,14-19,24,26-27H2,1-2H3/t30?,34-,35-,38-,39+,40+,41-,42-/m1/s1. The summed E-state index contributed by atoms with van der Waals surface area (Å²) < 4.78 is 31.4. The van der Waals surface area contributed by atoms with Gasteiger partial charge < -0.3 is 10.2 Å². The largest absolute Gasteiger partial charge is 0.393 e. The van der Waals surface area contributed by atoms with Crippen LogP contribution in [0.25, 0.3) is 10.1 Å². The number of Topliss-reactive ketones (excluding diaryl/α,β-unsaturated/α-hetero) is 1. The van der Waals surface area contributed by atoms with E-state index in [-0.39, 0.29) is 40.3 Å². The van der Waals surface area contributed by atoms with Crippen LogP contribution in [-0.2, 0) is 16.6 Å². The number of rotatable bonds is 8. The van der Waals surface area contributed by atoms with Crippen molar-refractivity contribution in [2.45, 2.75) is 81.3 Å². The number of aliphatic hydroxyl groups is 2. The second kappa shape index (κ2) is 11.5. The minimum atomic E-state index is -3.90. The molecule has 10 rings (SSSR count). The fourth-order valence-electron chi connectivity index (χ4n) is 11.7. The zero-order chi connectivity index (χ0) is 35.4. The van der Waals surface area contributed by atoms with Gasteiger partial charge >= 0.3 is 0 Å². The molecule has 51 heavy (non-hydrogen) atoms. The Hall–Kier alpha value is -2.92. The van der Waals surface area contributed by atoms with Gasteiger partial charge in [0.1, 0.15) is 4.21 Å². The molecule has 9 heteroatoms. The highest BCUT2D eigenvalue weighted by atomic mass is 32.2. The van der Waals surface area contributed by atoms with Crippen LogP contribution in [0.5, 0.6) is 0 Å². The first-order chi connectivity index (χ1) is 24.4. The van der Waals surface area contributed by atoms with Crippen LogP contribution >= 0.6 is 22.7 Å². The zero-order valence-electron chi connectivity index (χ0n) is 29.1. The Morgan fingerprint density at radius 1 is 0.902 bits per heavy atom. The molecule has 2 bridgehead atoms. The van der Waals surface area contributed by atoms with Gasteiger partial charge in [-0.3, -0.25) is 4.79 Å². The van der Waals surface area contributed by atoms with Crippen LogP contribution in [0, 0.1) is 33.5 Å². The first kappa shape index (κ1) is 33.9. The van der Waals surface area contributed by atoms with Crippen LogP contribution < -0.4 is 0 Å². The topological polar surface area (TPSA) is 94.9 Å². The van der Waals surface area contributed by atoms with Crippen molar-refractivity contribution >= 4 is 48.6 Å². The summed E-state index contributed by atoms with van der Waals surface area (Å²) in [4.78, 5) is 15.8. The Labute approximate surface area is 308 Å². The van der Waals surface area contributed by atoms with Crippen LogP contribution in [0.2, 0.25) is 0 Å². The van der Waals surface area contributed by atoms with E-state index in [2.05, 4.69) is 44.2 Å². The third-order valence-electron chi connectivity index (χ3n) is 14.3. The number of carbonyl (C=O) groups is 1. The molecule has 1 unspecified atom stereocenters. The molecule has 4 aromatic rings. The number of carbonyl (C=O) groups excluding carboxylic acids is 1. The second-order valence-corrected chi connectivity index (χ2v) is 20.7. The maximum absolute atomic E-state index is 15.1. The minimum Gasteiger partial charge on any atom is -0.393 e. The third-order valence-corrected chi connectivity index (χ3v) is 18.6. The highest BCUT2D eigenvalue weighted by molar-refractivity contribution is 7.91. The van der Waals surface area contributed by atoms with Crippen molar-refractivity contribution in [1.82, 2.24) is 4.31 Å². The quantitative estimate of drug-likeness (QED) is 0.139. The summed E-state index contributed by atoms with van der Waals surface area (Å²) in [7, 11) is -3.90. The summed E-state index contributed by atoms with van der Waals surface area (Å²) in [6.07, 6.45) is 11.4. The van der Waals surface area contributed by atoms with Crippen molar-refractivity contribution in [3.63, 3.8) is 0 Å². The lowest BCUT2D eigenvalue weighted by atomic mass is 9.32. The number of aliphatic hydroxyl groups excluding tert-OH is 1. The fourth-order valence-corrected chi connectivity index (χ4v) is 15.3. The molecular formula is C42H45NO5S3. The Morgan fingerprint density at radius 3 is 2.39 bits per heavy atom. The van der Waals surface area contributed by atoms with E-state index in [0.717, 1.165) is 51.8 Å². The zero-order valence-corrected chi connectivity index (χ0v) is 31.6. The summed E-state index contributed by atoms with van der Waals surface area (Å²) in [5.74, 6) is 0.147. The first-order valence-electron chi connectivity index (χ1n) is 18.3. The molecule has 2 N–H and O–H groups in total. The molecule has 2 aromatic carbocycles. The SMILES string of the molecule is C[C@]12CC[C@H]3[C@]4(C=C[C@@]5(C=C4C(=O)c4cc6ccccc6s4)CC(O)CC[C@]35C)[C@@H]1CC[C@@]2(O)CN(Cc1ccccc1)S(=O)(=O)c1cccs1.